The highest BCUT2D eigenvalue weighted by Gasteiger charge is 2.18. The van der Waals surface area contributed by atoms with Crippen molar-refractivity contribution in [2.45, 2.75) is 366 Å². The standard InChI is InChI=1S/C63H123NO5/c1-3-5-7-9-11-13-15-17-18-19-23-27-30-33-37-41-45-49-53-57-63(68)69-58-54-50-46-42-38-34-31-28-25-22-20-21-24-26-29-32-36-40-44-48-52-56-62(67)64-60(59-65)61(66)55-51-47-43-39-35-16-14-12-10-8-6-4-2/h51,55,60-61,65-66H,3-50,52-54,56-59H2,1-2H3,(H,64,67)/b55-51+. The zero-order chi connectivity index (χ0) is 50.0. The first kappa shape index (κ1) is 67.6. The lowest BCUT2D eigenvalue weighted by molar-refractivity contribution is -0.143. The van der Waals surface area contributed by atoms with Crippen molar-refractivity contribution in [3.63, 3.8) is 0 Å². The van der Waals surface area contributed by atoms with E-state index in [9.17, 15) is 19.8 Å². The number of esters is 1. The summed E-state index contributed by atoms with van der Waals surface area (Å²) in [6.07, 6.45) is 71.2. The zero-order valence-corrected chi connectivity index (χ0v) is 46.8. The number of hydrogen-bond donors (Lipinski definition) is 3. The molecule has 6 heteroatoms. The molecule has 2 unspecified atom stereocenters. The number of carbonyl (C=O) groups excluding carboxylic acids is 2. The Morgan fingerprint density at radius 1 is 0.391 bits per heavy atom. The van der Waals surface area contributed by atoms with Gasteiger partial charge in [0, 0.05) is 12.8 Å². The van der Waals surface area contributed by atoms with E-state index in [1.807, 2.05) is 6.08 Å². The molecule has 2 atom stereocenters. The molecule has 0 aromatic carbocycles. The molecule has 0 aliphatic carbocycles. The summed E-state index contributed by atoms with van der Waals surface area (Å²) in [5.41, 5.74) is 0. The van der Waals surface area contributed by atoms with E-state index in [1.54, 1.807) is 6.08 Å². The number of rotatable bonds is 59. The number of ether oxygens (including phenoxy) is 1. The molecule has 0 fully saturated rings. The summed E-state index contributed by atoms with van der Waals surface area (Å²) in [6.45, 7) is 4.92. The highest BCUT2D eigenvalue weighted by atomic mass is 16.5. The van der Waals surface area contributed by atoms with Crippen molar-refractivity contribution in [2.24, 2.45) is 0 Å². The predicted molar refractivity (Wildman–Crippen MR) is 301 cm³/mol. The Hall–Kier alpha value is -1.40. The van der Waals surface area contributed by atoms with Gasteiger partial charge in [-0.1, -0.05) is 321 Å². The molecule has 0 saturated heterocycles. The molecule has 0 radical (unpaired) electrons. The van der Waals surface area contributed by atoms with E-state index in [0.717, 1.165) is 38.5 Å². The quantitative estimate of drug-likeness (QED) is 0.0321. The van der Waals surface area contributed by atoms with Crippen LogP contribution in [-0.4, -0.2) is 47.4 Å². The highest BCUT2D eigenvalue weighted by Crippen LogP contribution is 2.18. The van der Waals surface area contributed by atoms with Crippen molar-refractivity contribution < 1.29 is 24.5 Å². The maximum Gasteiger partial charge on any atom is 0.305 e. The summed E-state index contributed by atoms with van der Waals surface area (Å²) < 4.78 is 5.50. The number of aliphatic hydroxyl groups excluding tert-OH is 2. The Balaban J connectivity index is 3.35. The van der Waals surface area contributed by atoms with Crippen LogP contribution in [-0.2, 0) is 14.3 Å². The second-order valence-electron chi connectivity index (χ2n) is 21.8. The van der Waals surface area contributed by atoms with E-state index in [2.05, 4.69) is 19.2 Å². The molecular formula is C63H123NO5. The van der Waals surface area contributed by atoms with E-state index in [-0.39, 0.29) is 18.5 Å². The largest absolute Gasteiger partial charge is 0.466 e. The molecule has 0 spiro atoms. The van der Waals surface area contributed by atoms with Crippen LogP contribution in [0.2, 0.25) is 0 Å². The Kier molecular flexibility index (Phi) is 58.0. The van der Waals surface area contributed by atoms with Crippen LogP contribution in [0.5, 0.6) is 0 Å². The molecule has 0 aromatic rings. The fraction of sp³-hybridized carbons (Fsp3) is 0.937. The topological polar surface area (TPSA) is 95.9 Å². The fourth-order valence-corrected chi connectivity index (χ4v) is 9.99. The van der Waals surface area contributed by atoms with E-state index >= 15 is 0 Å². The van der Waals surface area contributed by atoms with Crippen LogP contribution in [0, 0.1) is 0 Å². The summed E-state index contributed by atoms with van der Waals surface area (Å²) in [6, 6.07) is -0.627. The van der Waals surface area contributed by atoms with Gasteiger partial charge in [-0.15, -0.1) is 0 Å². The summed E-state index contributed by atoms with van der Waals surface area (Å²) in [4.78, 5) is 24.5. The van der Waals surface area contributed by atoms with Crippen molar-refractivity contribution in [3.05, 3.63) is 12.2 Å². The monoisotopic (exact) mass is 974 g/mol. The van der Waals surface area contributed by atoms with Crippen LogP contribution in [0.3, 0.4) is 0 Å². The maximum atomic E-state index is 12.4. The summed E-state index contributed by atoms with van der Waals surface area (Å²) >= 11 is 0. The maximum absolute atomic E-state index is 12.4. The Labute approximate surface area is 431 Å². The highest BCUT2D eigenvalue weighted by molar-refractivity contribution is 5.76. The third kappa shape index (κ3) is 55.8. The summed E-state index contributed by atoms with van der Waals surface area (Å²) in [5, 5.41) is 23.1. The number of unbranched alkanes of at least 4 members (excludes halogenated alkanes) is 48. The average Bonchev–Trinajstić information content (AvgIpc) is 3.35. The lowest BCUT2D eigenvalue weighted by Crippen LogP contribution is -2.45. The van der Waals surface area contributed by atoms with Gasteiger partial charge in [-0.25, -0.2) is 0 Å². The second kappa shape index (κ2) is 59.2. The van der Waals surface area contributed by atoms with Gasteiger partial charge in [0.2, 0.25) is 5.91 Å². The van der Waals surface area contributed by atoms with Crippen LogP contribution in [0.25, 0.3) is 0 Å². The SMILES string of the molecule is CCCCCCCCCCCC/C=C/C(O)C(CO)NC(=O)CCCCCCCCCCCCCCCCCCCCCCCOC(=O)CCCCCCCCCCCCCCCCCCCCC. The Morgan fingerprint density at radius 2 is 0.667 bits per heavy atom. The molecule has 0 saturated carbocycles. The number of amides is 1. The van der Waals surface area contributed by atoms with Gasteiger partial charge in [0.25, 0.3) is 0 Å². The van der Waals surface area contributed by atoms with Crippen molar-refractivity contribution in [1.82, 2.24) is 5.32 Å². The van der Waals surface area contributed by atoms with E-state index < -0.39 is 12.1 Å². The fourth-order valence-electron chi connectivity index (χ4n) is 9.99. The van der Waals surface area contributed by atoms with Crippen LogP contribution in [0.4, 0.5) is 0 Å². The minimum Gasteiger partial charge on any atom is -0.466 e. The summed E-state index contributed by atoms with van der Waals surface area (Å²) in [7, 11) is 0. The molecule has 69 heavy (non-hydrogen) atoms. The number of nitrogens with one attached hydrogen (secondary N) is 1. The third-order valence-electron chi connectivity index (χ3n) is 14.8. The van der Waals surface area contributed by atoms with Gasteiger partial charge in [0.1, 0.15) is 0 Å². The molecule has 1 amide bonds. The van der Waals surface area contributed by atoms with Gasteiger partial charge >= 0.3 is 5.97 Å². The van der Waals surface area contributed by atoms with Crippen LogP contribution >= 0.6 is 0 Å². The molecule has 410 valence electrons. The average molecular weight is 975 g/mol. The van der Waals surface area contributed by atoms with Gasteiger partial charge in [-0.05, 0) is 32.1 Å². The van der Waals surface area contributed by atoms with Crippen molar-refractivity contribution in [1.29, 1.82) is 0 Å². The van der Waals surface area contributed by atoms with Crippen molar-refractivity contribution >= 4 is 11.9 Å². The second-order valence-corrected chi connectivity index (χ2v) is 21.8. The predicted octanol–water partition coefficient (Wildman–Crippen LogP) is 19.6. The number of allylic oxidation sites excluding steroid dienone is 1. The first-order valence-corrected chi connectivity index (χ1v) is 31.5. The molecule has 3 N–H and O–H groups in total. The van der Waals surface area contributed by atoms with Gasteiger partial charge in [0.15, 0.2) is 0 Å². The molecule has 0 aliphatic rings. The third-order valence-corrected chi connectivity index (χ3v) is 14.8. The molecule has 0 aromatic heterocycles. The lowest BCUT2D eigenvalue weighted by Gasteiger charge is -2.20. The first-order chi connectivity index (χ1) is 34.0. The molecule has 0 heterocycles. The number of hydrogen-bond acceptors (Lipinski definition) is 5. The smallest absolute Gasteiger partial charge is 0.305 e. The lowest BCUT2D eigenvalue weighted by atomic mass is 10.0. The van der Waals surface area contributed by atoms with E-state index in [1.165, 1.54) is 289 Å². The van der Waals surface area contributed by atoms with Crippen LogP contribution < -0.4 is 5.32 Å². The van der Waals surface area contributed by atoms with Crippen LogP contribution in [0.1, 0.15) is 354 Å². The Bertz CT molecular complexity index is 1030. The normalized spacial score (nSPS) is 12.6. The van der Waals surface area contributed by atoms with Gasteiger partial charge in [-0.3, -0.25) is 9.59 Å². The zero-order valence-electron chi connectivity index (χ0n) is 46.8. The van der Waals surface area contributed by atoms with Gasteiger partial charge in [0.05, 0.1) is 25.4 Å². The van der Waals surface area contributed by atoms with Crippen molar-refractivity contribution in [2.75, 3.05) is 13.2 Å². The minimum atomic E-state index is -0.843. The molecule has 6 nitrogen and oxygen atoms in total. The molecule has 0 aliphatic heterocycles. The van der Waals surface area contributed by atoms with Crippen LogP contribution in [0.15, 0.2) is 12.2 Å². The van der Waals surface area contributed by atoms with Gasteiger partial charge in [-0.2, -0.15) is 0 Å². The minimum absolute atomic E-state index is 0.0167. The molecular weight excluding hydrogens is 851 g/mol. The Morgan fingerprint density at radius 3 is 0.986 bits per heavy atom. The molecule has 0 rings (SSSR count). The van der Waals surface area contributed by atoms with Crippen molar-refractivity contribution in [3.8, 4) is 0 Å². The van der Waals surface area contributed by atoms with E-state index in [4.69, 9.17) is 4.74 Å². The van der Waals surface area contributed by atoms with Gasteiger partial charge < -0.3 is 20.3 Å². The molecule has 0 bridgehead atoms. The number of carbonyl (C=O) groups is 2. The first-order valence-electron chi connectivity index (χ1n) is 31.5. The van der Waals surface area contributed by atoms with E-state index in [0.29, 0.717) is 19.4 Å². The summed E-state index contributed by atoms with van der Waals surface area (Å²) in [5.74, 6) is -0.0512. The number of aliphatic hydroxyl groups is 2.